The van der Waals surface area contributed by atoms with Gasteiger partial charge in [0.2, 0.25) is 0 Å². The van der Waals surface area contributed by atoms with E-state index in [-0.39, 0.29) is 5.92 Å². The molecular formula is C11H18N2O2. The summed E-state index contributed by atoms with van der Waals surface area (Å²) < 4.78 is 1.78. The second-order valence-corrected chi connectivity index (χ2v) is 3.75. The molecule has 0 amide bonds. The highest BCUT2D eigenvalue weighted by atomic mass is 16.4. The standard InChI is InChI=1S/C11H18N2O2/c1-4-8(11(14)15)6-10-7-9(5-2)12-13(10)3/h7-8H,4-6H2,1-3H3,(H,14,15). The number of aromatic nitrogens is 2. The number of hydrogen-bond donors (Lipinski definition) is 1. The molecule has 0 spiro atoms. The Balaban J connectivity index is 2.78. The molecule has 15 heavy (non-hydrogen) atoms. The van der Waals surface area contributed by atoms with E-state index in [0.717, 1.165) is 17.8 Å². The molecule has 0 fully saturated rings. The number of aryl methyl sites for hydroxylation is 2. The lowest BCUT2D eigenvalue weighted by Crippen LogP contribution is -2.17. The number of hydrogen-bond acceptors (Lipinski definition) is 2. The molecule has 1 heterocycles. The van der Waals surface area contributed by atoms with Crippen molar-refractivity contribution >= 4 is 5.97 Å². The summed E-state index contributed by atoms with van der Waals surface area (Å²) in [6.45, 7) is 3.94. The Morgan fingerprint density at radius 2 is 2.27 bits per heavy atom. The smallest absolute Gasteiger partial charge is 0.306 e. The predicted molar refractivity (Wildman–Crippen MR) is 57.7 cm³/mol. The fourth-order valence-electron chi connectivity index (χ4n) is 1.59. The summed E-state index contributed by atoms with van der Waals surface area (Å²) in [5, 5.41) is 13.3. The van der Waals surface area contributed by atoms with Gasteiger partial charge in [0, 0.05) is 19.2 Å². The molecule has 4 nitrogen and oxygen atoms in total. The molecular weight excluding hydrogens is 192 g/mol. The molecule has 1 aromatic rings. The summed E-state index contributed by atoms with van der Waals surface area (Å²) >= 11 is 0. The first-order valence-corrected chi connectivity index (χ1v) is 5.33. The fourth-order valence-corrected chi connectivity index (χ4v) is 1.59. The van der Waals surface area contributed by atoms with Gasteiger partial charge in [0.25, 0.3) is 0 Å². The molecule has 1 rings (SSSR count). The SMILES string of the molecule is CCc1cc(CC(CC)C(=O)O)n(C)n1. The van der Waals surface area contributed by atoms with E-state index in [0.29, 0.717) is 12.8 Å². The molecule has 4 heteroatoms. The highest BCUT2D eigenvalue weighted by molar-refractivity contribution is 5.70. The van der Waals surface area contributed by atoms with E-state index in [1.807, 2.05) is 27.0 Å². The molecule has 1 N–H and O–H groups in total. The first kappa shape index (κ1) is 11.8. The lowest BCUT2D eigenvalue weighted by atomic mass is 10.0. The van der Waals surface area contributed by atoms with Gasteiger partial charge in [-0.05, 0) is 18.9 Å². The van der Waals surface area contributed by atoms with Crippen LogP contribution in [0.5, 0.6) is 0 Å². The van der Waals surface area contributed by atoms with E-state index in [4.69, 9.17) is 5.11 Å². The Labute approximate surface area is 89.9 Å². The van der Waals surface area contributed by atoms with Gasteiger partial charge in [0.05, 0.1) is 11.6 Å². The minimum Gasteiger partial charge on any atom is -0.481 e. The third-order valence-electron chi connectivity index (χ3n) is 2.69. The molecule has 0 aliphatic rings. The van der Waals surface area contributed by atoms with Gasteiger partial charge in [-0.2, -0.15) is 5.10 Å². The van der Waals surface area contributed by atoms with Gasteiger partial charge in [-0.1, -0.05) is 13.8 Å². The maximum absolute atomic E-state index is 10.9. The van der Waals surface area contributed by atoms with Crippen LogP contribution in [-0.4, -0.2) is 20.9 Å². The van der Waals surface area contributed by atoms with Crippen molar-refractivity contribution in [3.63, 3.8) is 0 Å². The lowest BCUT2D eigenvalue weighted by molar-refractivity contribution is -0.141. The van der Waals surface area contributed by atoms with Crippen LogP contribution >= 0.6 is 0 Å². The van der Waals surface area contributed by atoms with Crippen LogP contribution in [0.2, 0.25) is 0 Å². The van der Waals surface area contributed by atoms with Crippen LogP contribution in [0.1, 0.15) is 31.7 Å². The monoisotopic (exact) mass is 210 g/mol. The maximum Gasteiger partial charge on any atom is 0.306 e. The number of rotatable bonds is 5. The zero-order chi connectivity index (χ0) is 11.4. The maximum atomic E-state index is 10.9. The van der Waals surface area contributed by atoms with Crippen molar-refractivity contribution < 1.29 is 9.90 Å². The Bertz CT molecular complexity index is 344. The molecule has 0 saturated carbocycles. The average Bonchev–Trinajstić information content (AvgIpc) is 2.55. The van der Waals surface area contributed by atoms with Crippen molar-refractivity contribution in [1.82, 2.24) is 9.78 Å². The predicted octanol–water partition coefficient (Wildman–Crippen LogP) is 1.64. The zero-order valence-corrected chi connectivity index (χ0v) is 9.53. The number of carboxylic acid groups (broad SMARTS) is 1. The highest BCUT2D eigenvalue weighted by Gasteiger charge is 2.17. The second-order valence-electron chi connectivity index (χ2n) is 3.75. The van der Waals surface area contributed by atoms with E-state index in [2.05, 4.69) is 5.10 Å². The molecule has 0 aliphatic heterocycles. The van der Waals surface area contributed by atoms with Crippen LogP contribution < -0.4 is 0 Å². The van der Waals surface area contributed by atoms with Crippen molar-refractivity contribution in [3.8, 4) is 0 Å². The summed E-state index contributed by atoms with van der Waals surface area (Å²) in [6, 6.07) is 1.99. The number of carboxylic acids is 1. The number of carbonyl (C=O) groups is 1. The normalized spacial score (nSPS) is 12.7. The lowest BCUT2D eigenvalue weighted by Gasteiger charge is -2.08. The summed E-state index contributed by atoms with van der Waals surface area (Å²) in [5.41, 5.74) is 2.02. The van der Waals surface area contributed by atoms with Crippen molar-refractivity contribution in [1.29, 1.82) is 0 Å². The molecule has 0 aromatic carbocycles. The van der Waals surface area contributed by atoms with Gasteiger partial charge >= 0.3 is 5.97 Å². The number of aliphatic carboxylic acids is 1. The third kappa shape index (κ3) is 2.81. The van der Waals surface area contributed by atoms with Crippen molar-refractivity contribution in [3.05, 3.63) is 17.5 Å². The topological polar surface area (TPSA) is 55.1 Å². The Morgan fingerprint density at radius 3 is 2.67 bits per heavy atom. The zero-order valence-electron chi connectivity index (χ0n) is 9.53. The Kier molecular flexibility index (Phi) is 3.88. The first-order valence-electron chi connectivity index (χ1n) is 5.33. The van der Waals surface area contributed by atoms with Gasteiger partial charge in [-0.3, -0.25) is 9.48 Å². The molecule has 1 atom stereocenters. The second kappa shape index (κ2) is 4.96. The van der Waals surface area contributed by atoms with Gasteiger partial charge in [0.15, 0.2) is 0 Å². The Hall–Kier alpha value is -1.32. The summed E-state index contributed by atoms with van der Waals surface area (Å²) in [4.78, 5) is 10.9. The van der Waals surface area contributed by atoms with Crippen molar-refractivity contribution in [2.75, 3.05) is 0 Å². The van der Waals surface area contributed by atoms with Gasteiger partial charge in [0.1, 0.15) is 0 Å². The van der Waals surface area contributed by atoms with E-state index < -0.39 is 5.97 Å². The summed E-state index contributed by atoms with van der Waals surface area (Å²) in [7, 11) is 1.86. The molecule has 0 bridgehead atoms. The molecule has 1 aromatic heterocycles. The summed E-state index contributed by atoms with van der Waals surface area (Å²) in [6.07, 6.45) is 2.11. The van der Waals surface area contributed by atoms with Crippen LogP contribution in [0.25, 0.3) is 0 Å². The average molecular weight is 210 g/mol. The van der Waals surface area contributed by atoms with Crippen LogP contribution in [0, 0.1) is 5.92 Å². The largest absolute Gasteiger partial charge is 0.481 e. The quantitative estimate of drug-likeness (QED) is 0.803. The van der Waals surface area contributed by atoms with Crippen LogP contribution in [-0.2, 0) is 24.7 Å². The van der Waals surface area contributed by atoms with E-state index in [9.17, 15) is 4.79 Å². The van der Waals surface area contributed by atoms with Crippen molar-refractivity contribution in [2.45, 2.75) is 33.1 Å². The molecule has 84 valence electrons. The minimum atomic E-state index is -0.725. The van der Waals surface area contributed by atoms with Gasteiger partial charge in [-0.25, -0.2) is 0 Å². The highest BCUT2D eigenvalue weighted by Crippen LogP contribution is 2.13. The molecule has 1 unspecified atom stereocenters. The Morgan fingerprint density at radius 1 is 1.60 bits per heavy atom. The fraction of sp³-hybridized carbons (Fsp3) is 0.636. The summed E-state index contributed by atoms with van der Waals surface area (Å²) in [5.74, 6) is -1.03. The van der Waals surface area contributed by atoms with Crippen molar-refractivity contribution in [2.24, 2.45) is 13.0 Å². The minimum absolute atomic E-state index is 0.301. The van der Waals surface area contributed by atoms with Crippen LogP contribution in [0.15, 0.2) is 6.07 Å². The van der Waals surface area contributed by atoms with Gasteiger partial charge < -0.3 is 5.11 Å². The van der Waals surface area contributed by atoms with Gasteiger partial charge in [-0.15, -0.1) is 0 Å². The third-order valence-corrected chi connectivity index (χ3v) is 2.69. The number of nitrogens with zero attached hydrogens (tertiary/aromatic N) is 2. The molecule has 0 saturated heterocycles. The van der Waals surface area contributed by atoms with Crippen LogP contribution in [0.3, 0.4) is 0 Å². The van der Waals surface area contributed by atoms with E-state index in [1.165, 1.54) is 0 Å². The van der Waals surface area contributed by atoms with Crippen LogP contribution in [0.4, 0.5) is 0 Å². The van der Waals surface area contributed by atoms with E-state index >= 15 is 0 Å². The molecule has 0 aliphatic carbocycles. The molecule has 0 radical (unpaired) electrons. The van der Waals surface area contributed by atoms with E-state index in [1.54, 1.807) is 4.68 Å². The first-order chi connectivity index (χ1) is 7.08.